The van der Waals surface area contributed by atoms with Crippen molar-refractivity contribution in [3.63, 3.8) is 0 Å². The van der Waals surface area contributed by atoms with E-state index < -0.39 is 46.1 Å². The van der Waals surface area contributed by atoms with Gasteiger partial charge in [0.05, 0.1) is 22.8 Å². The number of carbonyl (C=O) groups is 3. The van der Waals surface area contributed by atoms with Crippen LogP contribution in [0.4, 0.5) is 0 Å². The van der Waals surface area contributed by atoms with Crippen LogP contribution in [0.2, 0.25) is 0 Å². The van der Waals surface area contributed by atoms with Gasteiger partial charge < -0.3 is 19.3 Å². The summed E-state index contributed by atoms with van der Waals surface area (Å²) >= 11 is 3.36. The normalized spacial score (nSPS) is 20.6. The van der Waals surface area contributed by atoms with E-state index in [1.807, 2.05) is 60.7 Å². The highest BCUT2D eigenvalue weighted by Gasteiger charge is 2.57. The molecule has 3 atom stereocenters. The summed E-state index contributed by atoms with van der Waals surface area (Å²) in [4.78, 5) is 46.0. The fourth-order valence-corrected chi connectivity index (χ4v) is 7.02. The van der Waals surface area contributed by atoms with Crippen LogP contribution in [0.5, 0.6) is 0 Å². The third kappa shape index (κ3) is 5.24. The number of β-lactam (4-membered cyclic amide) rings is 1. The molecule has 2 aromatic carbocycles. The van der Waals surface area contributed by atoms with E-state index in [4.69, 9.17) is 14.0 Å². The number of amides is 2. The minimum absolute atomic E-state index is 0.0191. The summed E-state index contributed by atoms with van der Waals surface area (Å²) in [7, 11) is -0.332. The quantitative estimate of drug-likeness (QED) is 0.127. The van der Waals surface area contributed by atoms with Crippen LogP contribution in [0.3, 0.4) is 0 Å². The molecule has 40 heavy (non-hydrogen) atoms. The van der Waals surface area contributed by atoms with Gasteiger partial charge in [0.2, 0.25) is 5.71 Å². The summed E-state index contributed by atoms with van der Waals surface area (Å²) in [6.45, 7) is 0. The summed E-state index contributed by atoms with van der Waals surface area (Å²) in [5, 5.41) is 5.52. The highest BCUT2D eigenvalue weighted by molar-refractivity contribution is 9.09. The van der Waals surface area contributed by atoms with Crippen LogP contribution in [0, 0.1) is 0 Å². The van der Waals surface area contributed by atoms with Crippen LogP contribution in [-0.4, -0.2) is 62.2 Å². The average Bonchev–Trinajstić information content (AvgIpc) is 3.52. The number of esters is 1. The number of nitrogens with one attached hydrogen (secondary N) is 1. The van der Waals surface area contributed by atoms with E-state index >= 15 is 0 Å². The molecule has 2 amide bonds. The van der Waals surface area contributed by atoms with Crippen molar-refractivity contribution in [3.8, 4) is 0 Å². The molecular formula is C28H24BrN3O7S. The van der Waals surface area contributed by atoms with Gasteiger partial charge in [-0.3, -0.25) is 18.7 Å². The molecule has 0 radical (unpaired) electrons. The number of hydrogen-bond donors (Lipinski definition) is 1. The van der Waals surface area contributed by atoms with Crippen LogP contribution in [0.25, 0.3) is 0 Å². The maximum absolute atomic E-state index is 13.7. The number of hydrogen-bond acceptors (Lipinski definition) is 8. The number of nitrogens with zero attached hydrogens (tertiary/aromatic N) is 2. The topological polar surface area (TPSA) is 128 Å². The number of benzene rings is 2. The lowest BCUT2D eigenvalue weighted by Gasteiger charge is -2.49. The van der Waals surface area contributed by atoms with E-state index in [0.717, 1.165) is 16.0 Å². The zero-order chi connectivity index (χ0) is 28.2. The zero-order valence-corrected chi connectivity index (χ0v) is 23.6. The molecule has 0 spiro atoms. The fourth-order valence-electron chi connectivity index (χ4n) is 4.60. The van der Waals surface area contributed by atoms with Gasteiger partial charge in [-0.15, -0.1) is 0 Å². The first kappa shape index (κ1) is 27.5. The highest BCUT2D eigenvalue weighted by atomic mass is 79.9. The molecule has 1 aromatic heterocycles. The Morgan fingerprint density at radius 1 is 1.10 bits per heavy atom. The Kier molecular flexibility index (Phi) is 8.27. The van der Waals surface area contributed by atoms with Crippen LogP contribution >= 0.6 is 15.9 Å². The van der Waals surface area contributed by atoms with Crippen molar-refractivity contribution >= 4 is 50.2 Å². The Balaban J connectivity index is 1.41. The number of rotatable bonds is 9. The molecule has 12 heteroatoms. The molecule has 2 aliphatic rings. The summed E-state index contributed by atoms with van der Waals surface area (Å²) in [5.41, 5.74) is 1.80. The molecular weight excluding hydrogens is 602 g/mol. The Labute approximate surface area is 240 Å². The van der Waals surface area contributed by atoms with Crippen molar-refractivity contribution in [2.75, 3.05) is 18.2 Å². The van der Waals surface area contributed by atoms with Crippen molar-refractivity contribution in [2.24, 2.45) is 5.16 Å². The van der Waals surface area contributed by atoms with Gasteiger partial charge in [0.15, 0.2) is 11.9 Å². The second-order valence-electron chi connectivity index (χ2n) is 8.87. The Morgan fingerprint density at radius 3 is 2.30 bits per heavy atom. The summed E-state index contributed by atoms with van der Waals surface area (Å²) in [6, 6.07) is 20.4. The van der Waals surface area contributed by atoms with E-state index in [1.165, 1.54) is 19.4 Å². The summed E-state index contributed by atoms with van der Waals surface area (Å²) in [6.07, 6.45) is 0.626. The number of ether oxygens (including phenoxy) is 1. The second-order valence-corrected chi connectivity index (χ2v) is 11.0. The number of fused-ring (bicyclic) bond motifs is 1. The second kappa shape index (κ2) is 12.0. The third-order valence-electron chi connectivity index (χ3n) is 6.43. The first-order valence-electron chi connectivity index (χ1n) is 12.2. The maximum Gasteiger partial charge on any atom is 0.356 e. The van der Waals surface area contributed by atoms with Crippen LogP contribution in [0.1, 0.15) is 23.0 Å². The molecule has 2 aliphatic heterocycles. The fraction of sp³-hybridized carbons (Fsp3) is 0.214. The van der Waals surface area contributed by atoms with Crippen LogP contribution < -0.4 is 5.32 Å². The van der Waals surface area contributed by atoms with Gasteiger partial charge in [-0.2, -0.15) is 0 Å². The number of furan rings is 1. The highest BCUT2D eigenvalue weighted by Crippen LogP contribution is 2.37. The van der Waals surface area contributed by atoms with Crippen molar-refractivity contribution in [2.45, 2.75) is 17.5 Å². The van der Waals surface area contributed by atoms with Gasteiger partial charge in [-0.05, 0) is 28.8 Å². The number of alkyl halides is 1. The van der Waals surface area contributed by atoms with Crippen molar-refractivity contribution in [1.29, 1.82) is 0 Å². The summed E-state index contributed by atoms with van der Waals surface area (Å²) in [5.74, 6) is -1.92. The molecule has 10 nitrogen and oxygen atoms in total. The number of oxime groups is 1. The van der Waals surface area contributed by atoms with Crippen molar-refractivity contribution in [1.82, 2.24) is 10.2 Å². The van der Waals surface area contributed by atoms with E-state index in [1.54, 1.807) is 6.07 Å². The van der Waals surface area contributed by atoms with Gasteiger partial charge in [-0.1, -0.05) is 81.7 Å². The molecule has 0 aliphatic carbocycles. The standard InChI is InChI=1S/C28H24BrN3O7S/c1-37-31-21(20-13-8-14-38-20)25(33)30-22-26(34)32-23(19(15-29)16-40(36)27(22)32)28(35)39-24(17-9-4-2-5-10-17)18-11-6-3-7-12-18/h2-14,22,24,27H,15-16H2,1H3,(H,30,33)/t22-,27-,40+/m1/s1. The van der Waals surface area contributed by atoms with Crippen LogP contribution in [0.15, 0.2) is 99.9 Å². The first-order valence-corrected chi connectivity index (χ1v) is 14.7. The third-order valence-corrected chi connectivity index (χ3v) is 8.76. The Bertz CT molecular complexity index is 1450. The molecule has 3 aromatic rings. The molecule has 3 heterocycles. The predicted octanol–water partition coefficient (Wildman–Crippen LogP) is 3.03. The average molecular weight is 626 g/mol. The lowest BCUT2D eigenvalue weighted by molar-refractivity contribution is -0.154. The predicted molar refractivity (Wildman–Crippen MR) is 149 cm³/mol. The SMILES string of the molecule is CON=C(C(=O)N[C@@H]1C(=O)N2C(C(=O)OC(c3ccccc3)c3ccccc3)=C(CBr)C[S@](=O)[C@H]12)c1ccco1. The number of halogens is 1. The van der Waals surface area contributed by atoms with E-state index in [2.05, 4.69) is 26.4 Å². The lowest BCUT2D eigenvalue weighted by Crippen LogP contribution is -2.74. The molecule has 1 N–H and O–H groups in total. The molecule has 0 unspecified atom stereocenters. The summed E-state index contributed by atoms with van der Waals surface area (Å²) < 4.78 is 24.5. The zero-order valence-electron chi connectivity index (χ0n) is 21.2. The van der Waals surface area contributed by atoms with Gasteiger partial charge in [0.1, 0.15) is 24.2 Å². The molecule has 1 saturated heterocycles. The minimum Gasteiger partial charge on any atom is -0.462 e. The van der Waals surface area contributed by atoms with E-state index in [9.17, 15) is 18.6 Å². The van der Waals surface area contributed by atoms with Gasteiger partial charge in [-0.25, -0.2) is 4.79 Å². The monoisotopic (exact) mass is 625 g/mol. The van der Waals surface area contributed by atoms with Crippen molar-refractivity contribution < 1.29 is 32.6 Å². The van der Waals surface area contributed by atoms with E-state index in [0.29, 0.717) is 5.57 Å². The Hall–Kier alpha value is -4.03. The van der Waals surface area contributed by atoms with E-state index in [-0.39, 0.29) is 28.3 Å². The molecule has 5 rings (SSSR count). The van der Waals surface area contributed by atoms with Gasteiger partial charge in [0.25, 0.3) is 11.8 Å². The number of carbonyl (C=O) groups excluding carboxylic acids is 3. The molecule has 1 fully saturated rings. The van der Waals surface area contributed by atoms with Gasteiger partial charge in [0, 0.05) is 5.33 Å². The molecule has 0 bridgehead atoms. The van der Waals surface area contributed by atoms with Crippen LogP contribution in [-0.2, 0) is 34.8 Å². The smallest absolute Gasteiger partial charge is 0.356 e. The first-order chi connectivity index (χ1) is 19.4. The molecule has 206 valence electrons. The maximum atomic E-state index is 13.7. The Morgan fingerprint density at radius 2 is 1.75 bits per heavy atom. The largest absolute Gasteiger partial charge is 0.462 e. The lowest BCUT2D eigenvalue weighted by atomic mass is 10.0. The van der Waals surface area contributed by atoms with Gasteiger partial charge >= 0.3 is 5.97 Å². The molecule has 0 saturated carbocycles. The van der Waals surface area contributed by atoms with Crippen molar-refractivity contribution in [3.05, 3.63) is 107 Å². The minimum atomic E-state index is -1.60.